The van der Waals surface area contributed by atoms with Crippen molar-refractivity contribution in [3.8, 4) is 22.4 Å². The van der Waals surface area contributed by atoms with Gasteiger partial charge in [-0.15, -0.1) is 11.3 Å². The number of carboxylic acid groups (broad SMARTS) is 1. The van der Waals surface area contributed by atoms with Crippen LogP contribution in [0.5, 0.6) is 0 Å². The van der Waals surface area contributed by atoms with Gasteiger partial charge in [-0.1, -0.05) is 24.3 Å². The number of hydrogen-bond acceptors (Lipinski definition) is 7. The molecule has 3 aromatic rings. The Balaban J connectivity index is 1.35. The number of rotatable bonds is 9. The van der Waals surface area contributed by atoms with E-state index in [0.29, 0.717) is 43.5 Å². The van der Waals surface area contributed by atoms with Gasteiger partial charge in [-0.2, -0.15) is 0 Å². The Bertz CT molecular complexity index is 1340. The van der Waals surface area contributed by atoms with Gasteiger partial charge in [0.25, 0.3) is 0 Å². The predicted molar refractivity (Wildman–Crippen MR) is 150 cm³/mol. The third-order valence-corrected chi connectivity index (χ3v) is 8.37. The quantitative estimate of drug-likeness (QED) is 0.406. The predicted octanol–water partition coefficient (Wildman–Crippen LogP) is 4.87. The molecule has 2 aromatic heterocycles. The number of aliphatic carboxylic acids is 1. The molecule has 0 saturated carbocycles. The number of carbonyl (C=O) groups is 3. The lowest BCUT2D eigenvalue weighted by Gasteiger charge is -2.27. The molecule has 1 aromatic carbocycles. The maximum Gasteiger partial charge on any atom is 0.304 e. The van der Waals surface area contributed by atoms with Crippen LogP contribution >= 0.6 is 11.3 Å². The molecule has 1 atom stereocenters. The summed E-state index contributed by atoms with van der Waals surface area (Å²) in [6.07, 6.45) is 5.20. The molecule has 10 heteroatoms. The molecule has 204 valence electrons. The van der Waals surface area contributed by atoms with Crippen molar-refractivity contribution in [3.05, 3.63) is 48.0 Å². The highest BCUT2D eigenvalue weighted by molar-refractivity contribution is 7.14. The fourth-order valence-corrected chi connectivity index (χ4v) is 6.13. The summed E-state index contributed by atoms with van der Waals surface area (Å²) in [7, 11) is 1.66. The van der Waals surface area contributed by atoms with Crippen LogP contribution in [0.4, 0.5) is 10.9 Å². The second-order valence-corrected chi connectivity index (χ2v) is 10.9. The molecule has 5 rings (SSSR count). The molecule has 2 aliphatic heterocycles. The smallest absolute Gasteiger partial charge is 0.304 e. The molecule has 2 fully saturated rings. The first-order valence-electron chi connectivity index (χ1n) is 13.3. The fraction of sp³-hybridized carbons (Fsp3) is 0.414. The van der Waals surface area contributed by atoms with E-state index in [1.807, 2.05) is 41.8 Å². The van der Waals surface area contributed by atoms with E-state index in [9.17, 15) is 19.5 Å². The molecule has 2 amide bonds. The van der Waals surface area contributed by atoms with Crippen LogP contribution in [0.15, 0.2) is 48.0 Å². The van der Waals surface area contributed by atoms with Crippen molar-refractivity contribution in [1.29, 1.82) is 0 Å². The van der Waals surface area contributed by atoms with Gasteiger partial charge in [0.1, 0.15) is 5.82 Å². The Morgan fingerprint density at radius 3 is 2.62 bits per heavy atom. The number of amides is 2. The van der Waals surface area contributed by atoms with Crippen LogP contribution in [-0.4, -0.2) is 59.7 Å². The summed E-state index contributed by atoms with van der Waals surface area (Å²) in [6.45, 7) is 1.99. The van der Waals surface area contributed by atoms with Crippen molar-refractivity contribution in [2.75, 3.05) is 36.6 Å². The Labute approximate surface area is 231 Å². The highest BCUT2D eigenvalue weighted by Crippen LogP contribution is 2.36. The first-order valence-corrected chi connectivity index (χ1v) is 14.2. The second-order valence-electron chi connectivity index (χ2n) is 10.1. The lowest BCUT2D eigenvalue weighted by atomic mass is 9.86. The molecule has 0 spiro atoms. The molecular weight excluding hydrogens is 516 g/mol. The second kappa shape index (κ2) is 12.0. The van der Waals surface area contributed by atoms with E-state index in [4.69, 9.17) is 9.72 Å². The highest BCUT2D eigenvalue weighted by Gasteiger charge is 2.30. The average Bonchev–Trinajstić information content (AvgIpc) is 3.62. The van der Waals surface area contributed by atoms with Crippen LogP contribution in [0.25, 0.3) is 22.4 Å². The van der Waals surface area contributed by atoms with Crippen LogP contribution in [0, 0.1) is 11.8 Å². The normalized spacial score (nSPS) is 16.8. The van der Waals surface area contributed by atoms with Crippen LogP contribution in [0.3, 0.4) is 0 Å². The average molecular weight is 549 g/mol. The van der Waals surface area contributed by atoms with Crippen molar-refractivity contribution < 1.29 is 24.2 Å². The molecule has 2 saturated heterocycles. The Hall–Kier alpha value is -3.63. The lowest BCUT2D eigenvalue weighted by Crippen LogP contribution is -2.35. The zero-order chi connectivity index (χ0) is 27.4. The number of ether oxygens (including phenoxy) is 1. The van der Waals surface area contributed by atoms with Crippen molar-refractivity contribution in [3.63, 3.8) is 0 Å². The van der Waals surface area contributed by atoms with Crippen LogP contribution in [-0.2, 0) is 19.1 Å². The largest absolute Gasteiger partial charge is 0.481 e. The number of hydrogen-bond donors (Lipinski definition) is 1. The van der Waals surface area contributed by atoms with Gasteiger partial charge < -0.3 is 9.84 Å². The molecule has 0 aliphatic carbocycles. The van der Waals surface area contributed by atoms with Crippen molar-refractivity contribution >= 4 is 40.1 Å². The molecule has 2 aliphatic rings. The number of aromatic nitrogens is 2. The lowest BCUT2D eigenvalue weighted by molar-refractivity contribution is -0.141. The number of carbonyl (C=O) groups excluding carboxylic acids is 2. The van der Waals surface area contributed by atoms with Crippen molar-refractivity contribution in [2.24, 2.45) is 11.8 Å². The number of nitrogens with zero attached hydrogens (tertiary/aromatic N) is 4. The topological polar surface area (TPSA) is 113 Å². The van der Waals surface area contributed by atoms with Gasteiger partial charge in [-0.25, -0.2) is 9.97 Å². The molecule has 9 nitrogen and oxygen atoms in total. The zero-order valence-electron chi connectivity index (χ0n) is 21.9. The van der Waals surface area contributed by atoms with Gasteiger partial charge in [0.05, 0.1) is 12.1 Å². The number of pyridine rings is 1. The minimum absolute atomic E-state index is 0.0997. The number of benzene rings is 1. The number of carboxylic acids is 1. The molecule has 0 radical (unpaired) electrons. The standard InChI is InChI=1S/C29H32N4O5S/c1-32(28(37)21(16-27(35)36)15-19-10-13-38-14-11-19)29-31-24(18-39-29)23-6-3-2-5-22(23)20-8-9-25(30-17-20)33-12-4-7-26(33)34/h2-3,5-6,8-9,17-19,21H,4,7,10-16H2,1H3,(H,35,36). The summed E-state index contributed by atoms with van der Waals surface area (Å²) in [5, 5.41) is 11.9. The van der Waals surface area contributed by atoms with Gasteiger partial charge >= 0.3 is 5.97 Å². The monoisotopic (exact) mass is 548 g/mol. The van der Waals surface area contributed by atoms with E-state index in [0.717, 1.165) is 41.6 Å². The van der Waals surface area contributed by atoms with Gasteiger partial charge in [0, 0.05) is 61.8 Å². The number of anilines is 2. The molecule has 4 heterocycles. The van der Waals surface area contributed by atoms with Gasteiger partial charge in [-0.05, 0) is 49.3 Å². The minimum Gasteiger partial charge on any atom is -0.481 e. The zero-order valence-corrected chi connectivity index (χ0v) is 22.7. The molecular formula is C29H32N4O5S. The van der Waals surface area contributed by atoms with Gasteiger partial charge in [-0.3, -0.25) is 24.2 Å². The minimum atomic E-state index is -0.976. The van der Waals surface area contributed by atoms with Gasteiger partial charge in [0.2, 0.25) is 11.8 Å². The highest BCUT2D eigenvalue weighted by atomic mass is 32.1. The van der Waals surface area contributed by atoms with Gasteiger partial charge in [0.15, 0.2) is 5.13 Å². The van der Waals surface area contributed by atoms with Crippen LogP contribution in [0.2, 0.25) is 0 Å². The summed E-state index contributed by atoms with van der Waals surface area (Å²) in [5.74, 6) is -0.773. The molecule has 0 bridgehead atoms. The molecule has 1 unspecified atom stereocenters. The first kappa shape index (κ1) is 27.0. The summed E-state index contributed by atoms with van der Waals surface area (Å²) in [6, 6.07) is 11.7. The van der Waals surface area contributed by atoms with Crippen molar-refractivity contribution in [2.45, 2.75) is 38.5 Å². The van der Waals surface area contributed by atoms with E-state index >= 15 is 0 Å². The summed E-state index contributed by atoms with van der Waals surface area (Å²) >= 11 is 1.35. The Morgan fingerprint density at radius 2 is 1.95 bits per heavy atom. The van der Waals surface area contributed by atoms with E-state index in [-0.39, 0.29) is 24.2 Å². The third kappa shape index (κ3) is 6.17. The molecule has 39 heavy (non-hydrogen) atoms. The Kier molecular flexibility index (Phi) is 8.33. The van der Waals surface area contributed by atoms with Crippen molar-refractivity contribution in [1.82, 2.24) is 9.97 Å². The first-order chi connectivity index (χ1) is 18.9. The summed E-state index contributed by atoms with van der Waals surface area (Å²) in [4.78, 5) is 49.6. The van der Waals surface area contributed by atoms with E-state index in [1.54, 1.807) is 18.1 Å². The summed E-state index contributed by atoms with van der Waals surface area (Å²) in [5.41, 5.74) is 3.47. The third-order valence-electron chi connectivity index (χ3n) is 7.45. The molecule has 1 N–H and O–H groups in total. The fourth-order valence-electron chi connectivity index (χ4n) is 5.33. The van der Waals surface area contributed by atoms with Crippen LogP contribution in [0.1, 0.15) is 38.5 Å². The maximum absolute atomic E-state index is 13.4. The van der Waals surface area contributed by atoms with E-state index in [1.165, 1.54) is 16.2 Å². The Morgan fingerprint density at radius 1 is 1.18 bits per heavy atom. The number of thiazole rings is 1. The van der Waals surface area contributed by atoms with Crippen LogP contribution < -0.4 is 9.80 Å². The van der Waals surface area contributed by atoms with E-state index in [2.05, 4.69) is 4.98 Å². The summed E-state index contributed by atoms with van der Waals surface area (Å²) < 4.78 is 5.42. The van der Waals surface area contributed by atoms with E-state index < -0.39 is 11.9 Å². The maximum atomic E-state index is 13.4. The SMILES string of the molecule is CN(C(=O)C(CC(=O)O)CC1CCOCC1)c1nc(-c2ccccc2-c2ccc(N3CCCC3=O)nc2)cs1.